The van der Waals surface area contributed by atoms with Crippen LogP contribution in [0.25, 0.3) is 11.3 Å². The lowest BCUT2D eigenvalue weighted by atomic mass is 10.1. The van der Waals surface area contributed by atoms with Crippen molar-refractivity contribution in [3.8, 4) is 17.0 Å². The van der Waals surface area contributed by atoms with Gasteiger partial charge in [0.15, 0.2) is 0 Å². The van der Waals surface area contributed by atoms with E-state index < -0.39 is 0 Å². The zero-order valence-electron chi connectivity index (χ0n) is 13.2. The number of hydrogen-bond donors (Lipinski definition) is 1. The van der Waals surface area contributed by atoms with Crippen LogP contribution in [-0.2, 0) is 16.0 Å². The Morgan fingerprint density at radius 1 is 1.17 bits per heavy atom. The second-order valence-electron chi connectivity index (χ2n) is 5.87. The van der Waals surface area contributed by atoms with Gasteiger partial charge in [-0.05, 0) is 18.6 Å². The molecule has 2 aliphatic rings. The van der Waals surface area contributed by atoms with Crippen molar-refractivity contribution in [2.24, 2.45) is 0 Å². The summed E-state index contributed by atoms with van der Waals surface area (Å²) in [4.78, 5) is 24.4. The number of amides is 1. The van der Waals surface area contributed by atoms with Gasteiger partial charge in [0, 0.05) is 30.8 Å². The van der Waals surface area contributed by atoms with Crippen LogP contribution >= 0.6 is 0 Å². The second-order valence-corrected chi connectivity index (χ2v) is 5.87. The first-order valence-corrected chi connectivity index (χ1v) is 8.01. The number of carbonyl (C=O) groups is 1. The van der Waals surface area contributed by atoms with Crippen LogP contribution in [0.1, 0.15) is 5.56 Å². The Kier molecular flexibility index (Phi) is 3.78. The van der Waals surface area contributed by atoms with E-state index in [4.69, 9.17) is 9.72 Å². The van der Waals surface area contributed by atoms with E-state index in [0.29, 0.717) is 37.9 Å². The van der Waals surface area contributed by atoms with Crippen LogP contribution in [0.5, 0.6) is 5.75 Å². The van der Waals surface area contributed by atoms with Gasteiger partial charge >= 0.3 is 0 Å². The molecule has 0 radical (unpaired) electrons. The molecule has 4 rings (SSSR count). The number of rotatable bonds is 3. The molecule has 0 bridgehead atoms. The number of fused-ring (bicyclic) bond motifs is 1. The third-order valence-corrected chi connectivity index (χ3v) is 4.39. The molecule has 1 N–H and O–H groups in total. The van der Waals surface area contributed by atoms with Crippen LogP contribution < -0.4 is 9.80 Å². The summed E-state index contributed by atoms with van der Waals surface area (Å²) in [5.41, 5.74) is 2.56. The second kappa shape index (κ2) is 6.09. The molecule has 0 unspecified atom stereocenters. The number of nitrogens with zero attached hydrogens (tertiary/aromatic N) is 4. The topological polar surface area (TPSA) is 78.8 Å². The van der Waals surface area contributed by atoms with E-state index in [-0.39, 0.29) is 5.75 Å². The molecule has 2 aromatic rings. The summed E-state index contributed by atoms with van der Waals surface area (Å²) in [5, 5.41) is 9.80. The Balaban J connectivity index is 1.85. The van der Waals surface area contributed by atoms with Gasteiger partial charge in [0.05, 0.1) is 18.9 Å². The molecule has 1 aromatic carbocycles. The summed E-state index contributed by atoms with van der Waals surface area (Å²) in [5.74, 6) is 1.46. The minimum absolute atomic E-state index is 0.193. The molecular formula is C17H18N4O3. The van der Waals surface area contributed by atoms with Gasteiger partial charge in [-0.2, -0.15) is 4.98 Å². The Bertz CT molecular complexity index is 774. The van der Waals surface area contributed by atoms with Crippen molar-refractivity contribution < 1.29 is 14.6 Å². The number of hydrogen-bond acceptors (Lipinski definition) is 6. The summed E-state index contributed by atoms with van der Waals surface area (Å²) < 4.78 is 5.39. The van der Waals surface area contributed by atoms with E-state index in [2.05, 4.69) is 9.88 Å². The highest BCUT2D eigenvalue weighted by Gasteiger charge is 2.28. The van der Waals surface area contributed by atoms with Crippen molar-refractivity contribution in [1.82, 2.24) is 9.97 Å². The number of phenols is 1. The van der Waals surface area contributed by atoms with Gasteiger partial charge in [-0.25, -0.2) is 4.98 Å². The third kappa shape index (κ3) is 2.56. The zero-order valence-corrected chi connectivity index (χ0v) is 13.2. The first-order valence-electron chi connectivity index (χ1n) is 8.01. The fraction of sp³-hybridized carbons (Fsp3) is 0.353. The molecule has 7 heteroatoms. The van der Waals surface area contributed by atoms with E-state index >= 15 is 0 Å². The number of aromatic nitrogens is 2. The maximum Gasteiger partial charge on any atom is 0.228 e. The maximum atomic E-state index is 11.4. The van der Waals surface area contributed by atoms with Crippen molar-refractivity contribution in [2.45, 2.75) is 6.42 Å². The van der Waals surface area contributed by atoms with Crippen LogP contribution in [0.15, 0.2) is 24.3 Å². The fourth-order valence-corrected chi connectivity index (χ4v) is 3.17. The third-order valence-electron chi connectivity index (χ3n) is 4.39. The lowest BCUT2D eigenvalue weighted by Crippen LogP contribution is -2.37. The van der Waals surface area contributed by atoms with Crippen molar-refractivity contribution in [2.75, 3.05) is 42.6 Å². The zero-order chi connectivity index (χ0) is 16.5. The predicted molar refractivity (Wildman–Crippen MR) is 89.3 cm³/mol. The molecule has 0 saturated carbocycles. The van der Waals surface area contributed by atoms with E-state index in [0.717, 1.165) is 36.3 Å². The quantitative estimate of drug-likeness (QED) is 0.854. The molecule has 1 saturated heterocycles. The van der Waals surface area contributed by atoms with E-state index in [1.54, 1.807) is 23.1 Å². The van der Waals surface area contributed by atoms with Gasteiger partial charge in [-0.15, -0.1) is 0 Å². The molecule has 1 aromatic heterocycles. The highest BCUT2D eigenvalue weighted by Crippen LogP contribution is 2.35. The molecule has 124 valence electrons. The summed E-state index contributed by atoms with van der Waals surface area (Å²) in [7, 11) is 0. The molecule has 0 aliphatic carbocycles. The Morgan fingerprint density at radius 3 is 2.75 bits per heavy atom. The number of morpholine rings is 1. The smallest absolute Gasteiger partial charge is 0.228 e. The number of ether oxygens (including phenoxy) is 1. The molecule has 3 heterocycles. The standard InChI is InChI=1S/C17H18N4O3/c22-11-21-5-4-14-15(12-2-1-3-13(23)10-12)18-17(19-16(14)21)20-6-8-24-9-7-20/h1-3,10-11,23H,4-9H2. The monoisotopic (exact) mass is 326 g/mol. The van der Waals surface area contributed by atoms with Crippen LogP contribution in [-0.4, -0.2) is 54.3 Å². The van der Waals surface area contributed by atoms with Gasteiger partial charge < -0.3 is 14.7 Å². The Morgan fingerprint density at radius 2 is 2.00 bits per heavy atom. The highest BCUT2D eigenvalue weighted by molar-refractivity contribution is 5.82. The van der Waals surface area contributed by atoms with Crippen molar-refractivity contribution in [1.29, 1.82) is 0 Å². The van der Waals surface area contributed by atoms with Crippen LogP contribution in [0.4, 0.5) is 11.8 Å². The average molecular weight is 326 g/mol. The summed E-state index contributed by atoms with van der Waals surface area (Å²) >= 11 is 0. The minimum atomic E-state index is 0.193. The molecule has 1 fully saturated rings. The van der Waals surface area contributed by atoms with Crippen LogP contribution in [0, 0.1) is 0 Å². The molecule has 24 heavy (non-hydrogen) atoms. The summed E-state index contributed by atoms with van der Waals surface area (Å²) in [6, 6.07) is 7.02. The van der Waals surface area contributed by atoms with E-state index in [9.17, 15) is 9.90 Å². The normalized spacial score (nSPS) is 17.0. The predicted octanol–water partition coefficient (Wildman–Crippen LogP) is 1.20. The van der Waals surface area contributed by atoms with Crippen LogP contribution in [0.2, 0.25) is 0 Å². The fourth-order valence-electron chi connectivity index (χ4n) is 3.17. The Hall–Kier alpha value is -2.67. The molecule has 0 atom stereocenters. The first-order chi connectivity index (χ1) is 11.8. The minimum Gasteiger partial charge on any atom is -0.508 e. The SMILES string of the molecule is O=CN1CCc2c(-c3cccc(O)c3)nc(N3CCOCC3)nc21. The molecular weight excluding hydrogens is 308 g/mol. The van der Waals surface area contributed by atoms with Crippen molar-refractivity contribution in [3.05, 3.63) is 29.8 Å². The van der Waals surface area contributed by atoms with E-state index in [1.807, 2.05) is 6.07 Å². The molecule has 7 nitrogen and oxygen atoms in total. The number of anilines is 2. The lowest BCUT2D eigenvalue weighted by Gasteiger charge is -2.28. The number of phenolic OH excluding ortho intramolecular Hbond substituents is 1. The summed E-state index contributed by atoms with van der Waals surface area (Å²) in [6.45, 7) is 3.32. The van der Waals surface area contributed by atoms with Gasteiger partial charge in [0.2, 0.25) is 12.4 Å². The highest BCUT2D eigenvalue weighted by atomic mass is 16.5. The first kappa shape index (κ1) is 14.9. The molecule has 2 aliphatic heterocycles. The Labute approximate surface area is 139 Å². The summed E-state index contributed by atoms with van der Waals surface area (Å²) in [6.07, 6.45) is 1.52. The number of carbonyl (C=O) groups excluding carboxylic acids is 1. The van der Waals surface area contributed by atoms with Crippen molar-refractivity contribution >= 4 is 18.2 Å². The lowest BCUT2D eigenvalue weighted by molar-refractivity contribution is -0.107. The largest absolute Gasteiger partial charge is 0.508 e. The number of benzene rings is 1. The van der Waals surface area contributed by atoms with Gasteiger partial charge in [0.25, 0.3) is 0 Å². The number of aromatic hydroxyl groups is 1. The van der Waals surface area contributed by atoms with E-state index in [1.165, 1.54) is 0 Å². The molecule has 1 amide bonds. The van der Waals surface area contributed by atoms with Gasteiger partial charge in [-0.3, -0.25) is 9.69 Å². The van der Waals surface area contributed by atoms with Gasteiger partial charge in [0.1, 0.15) is 11.6 Å². The average Bonchev–Trinajstić information content (AvgIpc) is 3.04. The van der Waals surface area contributed by atoms with Gasteiger partial charge in [-0.1, -0.05) is 12.1 Å². The maximum absolute atomic E-state index is 11.4. The van der Waals surface area contributed by atoms with Crippen molar-refractivity contribution in [3.63, 3.8) is 0 Å². The van der Waals surface area contributed by atoms with Crippen LogP contribution in [0.3, 0.4) is 0 Å². The molecule has 0 spiro atoms.